The Kier molecular flexibility index (Phi) is 5.73. The maximum atomic E-state index is 11.9. The Bertz CT molecular complexity index is 418. The first kappa shape index (κ1) is 14.9. The van der Waals surface area contributed by atoms with Gasteiger partial charge in [0.05, 0.1) is 5.92 Å². The zero-order chi connectivity index (χ0) is 13.7. The molecule has 1 aliphatic rings. The van der Waals surface area contributed by atoms with Gasteiger partial charge in [-0.1, -0.05) is 22.9 Å². The zero-order valence-electron chi connectivity index (χ0n) is 11.0. The highest BCUT2D eigenvalue weighted by atomic mass is 79.9. The van der Waals surface area contributed by atoms with E-state index in [1.165, 1.54) is 4.90 Å². The Morgan fingerprint density at radius 1 is 1.53 bits per heavy atom. The van der Waals surface area contributed by atoms with Gasteiger partial charge in [0.1, 0.15) is 0 Å². The second-order valence-corrected chi connectivity index (χ2v) is 7.24. The minimum atomic E-state index is 0.157. The maximum absolute atomic E-state index is 11.9. The Morgan fingerprint density at radius 3 is 2.89 bits per heavy atom. The summed E-state index contributed by atoms with van der Waals surface area (Å²) in [6.07, 6.45) is 0.958. The lowest BCUT2D eigenvalue weighted by atomic mass is 10.1. The van der Waals surface area contributed by atoms with Gasteiger partial charge in [-0.25, -0.2) is 0 Å². The molecule has 2 N–H and O–H groups in total. The molecule has 0 aromatic heterocycles. The van der Waals surface area contributed by atoms with Crippen molar-refractivity contribution in [1.29, 1.82) is 0 Å². The lowest BCUT2D eigenvalue weighted by Crippen LogP contribution is -2.35. The first-order valence-corrected chi connectivity index (χ1v) is 8.23. The number of benzene rings is 1. The van der Waals surface area contributed by atoms with E-state index in [1.54, 1.807) is 11.8 Å². The van der Waals surface area contributed by atoms with Crippen LogP contribution in [0.15, 0.2) is 33.6 Å². The Hall–Kier alpha value is -0.520. The van der Waals surface area contributed by atoms with Gasteiger partial charge in [0.25, 0.3) is 0 Å². The number of amides is 1. The molecule has 19 heavy (non-hydrogen) atoms. The number of thioether (sulfide) groups is 1. The smallest absolute Gasteiger partial charge is 0.224 e. The third-order valence-corrected chi connectivity index (χ3v) is 4.79. The highest BCUT2D eigenvalue weighted by Crippen LogP contribution is 2.24. The predicted octanol–water partition coefficient (Wildman–Crippen LogP) is 2.66. The van der Waals surface area contributed by atoms with Crippen molar-refractivity contribution < 1.29 is 4.79 Å². The van der Waals surface area contributed by atoms with E-state index in [4.69, 9.17) is 0 Å². The van der Waals surface area contributed by atoms with Crippen molar-refractivity contribution in [2.24, 2.45) is 5.92 Å². The fourth-order valence-electron chi connectivity index (χ4n) is 2.05. The summed E-state index contributed by atoms with van der Waals surface area (Å²) in [7, 11) is 0. The van der Waals surface area contributed by atoms with Gasteiger partial charge in [-0.15, -0.1) is 11.8 Å². The zero-order valence-corrected chi connectivity index (χ0v) is 13.4. The maximum Gasteiger partial charge on any atom is 0.224 e. The molecule has 3 nitrogen and oxygen atoms in total. The van der Waals surface area contributed by atoms with Crippen molar-refractivity contribution in [3.63, 3.8) is 0 Å². The lowest BCUT2D eigenvalue weighted by molar-refractivity contribution is -0.124. The molecule has 1 saturated heterocycles. The van der Waals surface area contributed by atoms with Gasteiger partial charge < -0.3 is 10.6 Å². The first-order chi connectivity index (χ1) is 9.15. The third-order valence-electron chi connectivity index (χ3n) is 3.15. The van der Waals surface area contributed by atoms with E-state index in [0.717, 1.165) is 30.5 Å². The molecule has 5 heteroatoms. The molecule has 2 rings (SSSR count). The summed E-state index contributed by atoms with van der Waals surface area (Å²) in [5.41, 5.74) is 0. The molecular formula is C14H19BrN2OS. The number of carbonyl (C=O) groups excluding carboxylic acids is 1. The summed E-state index contributed by atoms with van der Waals surface area (Å²) in [5.74, 6) is 0.345. The van der Waals surface area contributed by atoms with Crippen LogP contribution in [0.2, 0.25) is 0 Å². The van der Waals surface area contributed by atoms with Crippen LogP contribution >= 0.6 is 27.7 Å². The highest BCUT2D eigenvalue weighted by molar-refractivity contribution is 9.10. The highest BCUT2D eigenvalue weighted by Gasteiger charge is 2.22. The minimum absolute atomic E-state index is 0.157. The molecule has 1 aromatic carbocycles. The van der Waals surface area contributed by atoms with Gasteiger partial charge >= 0.3 is 0 Å². The molecule has 2 atom stereocenters. The van der Waals surface area contributed by atoms with E-state index in [9.17, 15) is 4.79 Å². The lowest BCUT2D eigenvalue weighted by Gasteiger charge is -2.14. The Morgan fingerprint density at radius 2 is 2.26 bits per heavy atom. The normalized spacial score (nSPS) is 20.2. The molecule has 0 radical (unpaired) electrons. The van der Waals surface area contributed by atoms with E-state index < -0.39 is 0 Å². The standard InChI is InChI=1S/C14H19BrN2OS/c1-10(19-13-4-2-12(15)3-5-13)8-17-14(18)11-6-7-16-9-11/h2-5,10-11,16H,6-9H2,1H3,(H,17,18)/t10-,11+/m1/s1. The van der Waals surface area contributed by atoms with Crippen LogP contribution in [0.3, 0.4) is 0 Å². The van der Waals surface area contributed by atoms with E-state index in [-0.39, 0.29) is 11.8 Å². The van der Waals surface area contributed by atoms with Crippen molar-refractivity contribution in [2.45, 2.75) is 23.5 Å². The molecule has 1 fully saturated rings. The van der Waals surface area contributed by atoms with E-state index in [1.807, 2.05) is 12.1 Å². The van der Waals surface area contributed by atoms with Crippen molar-refractivity contribution in [2.75, 3.05) is 19.6 Å². The average Bonchev–Trinajstić information content (AvgIpc) is 2.93. The van der Waals surface area contributed by atoms with Crippen LogP contribution in [-0.2, 0) is 4.79 Å². The fourth-order valence-corrected chi connectivity index (χ4v) is 3.24. The molecule has 0 aliphatic carbocycles. The fraction of sp³-hybridized carbons (Fsp3) is 0.500. The van der Waals surface area contributed by atoms with Crippen LogP contribution in [0, 0.1) is 5.92 Å². The van der Waals surface area contributed by atoms with Crippen LogP contribution in [-0.4, -0.2) is 30.8 Å². The first-order valence-electron chi connectivity index (χ1n) is 6.56. The van der Waals surface area contributed by atoms with Crippen LogP contribution < -0.4 is 10.6 Å². The summed E-state index contributed by atoms with van der Waals surface area (Å²) in [6.45, 7) is 4.64. The van der Waals surface area contributed by atoms with Crippen molar-refractivity contribution in [3.05, 3.63) is 28.7 Å². The Balaban J connectivity index is 1.73. The van der Waals surface area contributed by atoms with E-state index >= 15 is 0 Å². The Labute approximate surface area is 127 Å². The quantitative estimate of drug-likeness (QED) is 0.808. The molecule has 1 heterocycles. The van der Waals surface area contributed by atoms with Crippen LogP contribution in [0.5, 0.6) is 0 Å². The summed E-state index contributed by atoms with van der Waals surface area (Å²) < 4.78 is 1.09. The number of carbonyl (C=O) groups is 1. The summed E-state index contributed by atoms with van der Waals surface area (Å²) in [5, 5.41) is 6.64. The topological polar surface area (TPSA) is 41.1 Å². The van der Waals surface area contributed by atoms with Crippen LogP contribution in [0.1, 0.15) is 13.3 Å². The second kappa shape index (κ2) is 7.31. The molecule has 1 amide bonds. The third kappa shape index (κ3) is 4.82. The van der Waals surface area contributed by atoms with Crippen molar-refractivity contribution >= 4 is 33.6 Å². The van der Waals surface area contributed by atoms with Crippen molar-refractivity contribution in [1.82, 2.24) is 10.6 Å². The van der Waals surface area contributed by atoms with Gasteiger partial charge in [0, 0.05) is 27.7 Å². The number of halogens is 1. The molecule has 0 saturated carbocycles. The van der Waals surface area contributed by atoms with Crippen molar-refractivity contribution in [3.8, 4) is 0 Å². The van der Waals surface area contributed by atoms with Gasteiger partial charge in [-0.2, -0.15) is 0 Å². The van der Waals surface area contributed by atoms with Crippen LogP contribution in [0.4, 0.5) is 0 Å². The van der Waals surface area contributed by atoms with E-state index in [2.05, 4.69) is 45.6 Å². The van der Waals surface area contributed by atoms with Crippen LogP contribution in [0.25, 0.3) is 0 Å². The molecule has 0 bridgehead atoms. The SMILES string of the molecule is C[C@H](CNC(=O)[C@H]1CCNC1)Sc1ccc(Br)cc1. The molecule has 0 unspecified atom stereocenters. The number of hydrogen-bond donors (Lipinski definition) is 2. The average molecular weight is 343 g/mol. The largest absolute Gasteiger partial charge is 0.355 e. The van der Waals surface area contributed by atoms with Gasteiger partial charge in [-0.05, 0) is 37.2 Å². The number of rotatable bonds is 5. The molecular weight excluding hydrogens is 324 g/mol. The summed E-state index contributed by atoms with van der Waals surface area (Å²) in [4.78, 5) is 13.1. The number of hydrogen-bond acceptors (Lipinski definition) is 3. The molecule has 1 aliphatic heterocycles. The van der Waals surface area contributed by atoms with Gasteiger partial charge in [0.2, 0.25) is 5.91 Å². The minimum Gasteiger partial charge on any atom is -0.355 e. The monoisotopic (exact) mass is 342 g/mol. The number of nitrogens with one attached hydrogen (secondary N) is 2. The predicted molar refractivity (Wildman–Crippen MR) is 83.4 cm³/mol. The molecule has 0 spiro atoms. The molecule has 104 valence electrons. The van der Waals surface area contributed by atoms with Gasteiger partial charge in [-0.3, -0.25) is 4.79 Å². The second-order valence-electron chi connectivity index (χ2n) is 4.82. The summed E-state index contributed by atoms with van der Waals surface area (Å²) >= 11 is 5.21. The summed E-state index contributed by atoms with van der Waals surface area (Å²) in [6, 6.07) is 8.26. The van der Waals surface area contributed by atoms with E-state index in [0.29, 0.717) is 5.25 Å². The molecule has 1 aromatic rings. The van der Waals surface area contributed by atoms with Gasteiger partial charge in [0.15, 0.2) is 0 Å².